The highest BCUT2D eigenvalue weighted by Gasteiger charge is 2.39. The standard InChI is InChI=1S/C13H15NO.C6H3N3O7/c15-13-8-11-6-7-12(9-13)14(11)10-4-2-1-3-5-10;10-6-4(8(13)14)1-3(7(11)12)2-5(6)9(15)16/h1-5,11-12H,6-9H2;1-2,10H. The van der Waals surface area contributed by atoms with Crippen molar-refractivity contribution in [1.82, 2.24) is 0 Å². The molecule has 2 fully saturated rings. The number of para-hydroxylation sites is 1. The lowest BCUT2D eigenvalue weighted by molar-refractivity contribution is -0.404. The molecule has 2 bridgehead atoms. The molecule has 31 heavy (non-hydrogen) atoms. The minimum Gasteiger partial charge on any atom is -0.497 e. The number of aromatic hydroxyl groups is 1. The molecule has 2 unspecified atom stereocenters. The van der Waals surface area contributed by atoms with Crippen LogP contribution in [-0.4, -0.2) is 37.7 Å². The maximum Gasteiger partial charge on any atom is 0.324 e. The van der Waals surface area contributed by atoms with E-state index in [2.05, 4.69) is 29.2 Å². The number of fused-ring (bicyclic) bond motifs is 2. The third kappa shape index (κ3) is 4.57. The highest BCUT2D eigenvalue weighted by molar-refractivity contribution is 5.83. The zero-order valence-electron chi connectivity index (χ0n) is 16.1. The van der Waals surface area contributed by atoms with Crippen LogP contribution >= 0.6 is 0 Å². The van der Waals surface area contributed by atoms with Crippen molar-refractivity contribution in [3.05, 3.63) is 72.8 Å². The molecule has 2 heterocycles. The third-order valence-electron chi connectivity index (χ3n) is 5.26. The van der Waals surface area contributed by atoms with E-state index in [9.17, 15) is 35.1 Å². The summed E-state index contributed by atoms with van der Waals surface area (Å²) in [6.45, 7) is 0. The number of hydrogen-bond donors (Lipinski definition) is 1. The SMILES string of the molecule is O=C1CC2CCC(C1)N2c1ccccc1.O=[N+]([O-])c1cc([N+](=O)[O-])c(O)c([N+](=O)[O-])c1. The second-order valence-corrected chi connectivity index (χ2v) is 7.18. The first-order chi connectivity index (χ1) is 14.7. The molecular weight excluding hydrogens is 412 g/mol. The van der Waals surface area contributed by atoms with Crippen molar-refractivity contribution in [2.75, 3.05) is 4.90 Å². The van der Waals surface area contributed by atoms with Crippen LogP contribution in [-0.2, 0) is 4.79 Å². The van der Waals surface area contributed by atoms with E-state index in [1.54, 1.807) is 0 Å². The molecule has 0 amide bonds. The van der Waals surface area contributed by atoms with Gasteiger partial charge in [0.05, 0.1) is 26.9 Å². The Morgan fingerprint density at radius 1 is 0.839 bits per heavy atom. The van der Waals surface area contributed by atoms with Crippen molar-refractivity contribution < 1.29 is 24.7 Å². The van der Waals surface area contributed by atoms with Crippen LogP contribution in [0.4, 0.5) is 22.7 Å². The van der Waals surface area contributed by atoms with Crippen LogP contribution in [0.15, 0.2) is 42.5 Å². The molecule has 2 aromatic rings. The minimum absolute atomic E-state index is 0.447. The molecule has 12 nitrogen and oxygen atoms in total. The van der Waals surface area contributed by atoms with Crippen molar-refractivity contribution in [3.8, 4) is 5.75 Å². The van der Waals surface area contributed by atoms with Gasteiger partial charge >= 0.3 is 11.4 Å². The van der Waals surface area contributed by atoms with Gasteiger partial charge in [0.2, 0.25) is 0 Å². The fraction of sp³-hybridized carbons (Fsp3) is 0.316. The molecule has 0 spiro atoms. The highest BCUT2D eigenvalue weighted by Crippen LogP contribution is 2.39. The van der Waals surface area contributed by atoms with Crippen LogP contribution in [0.1, 0.15) is 25.7 Å². The number of carbonyl (C=O) groups excluding carboxylic acids is 1. The smallest absolute Gasteiger partial charge is 0.324 e. The van der Waals surface area contributed by atoms with Crippen LogP contribution < -0.4 is 4.90 Å². The molecule has 12 heteroatoms. The van der Waals surface area contributed by atoms with Gasteiger partial charge in [-0.25, -0.2) is 0 Å². The van der Waals surface area contributed by atoms with E-state index in [1.165, 1.54) is 18.5 Å². The number of piperidine rings is 1. The number of phenolic OH excluding ortho intramolecular Hbond substituents is 1. The molecule has 4 rings (SSSR count). The second kappa shape index (κ2) is 8.73. The lowest BCUT2D eigenvalue weighted by atomic mass is 10.0. The van der Waals surface area contributed by atoms with E-state index in [4.69, 9.17) is 5.11 Å². The minimum atomic E-state index is -1.21. The summed E-state index contributed by atoms with van der Waals surface area (Å²) in [6, 6.07) is 12.3. The Kier molecular flexibility index (Phi) is 6.09. The molecule has 0 aromatic heterocycles. The summed E-state index contributed by atoms with van der Waals surface area (Å²) >= 11 is 0. The van der Waals surface area contributed by atoms with Gasteiger partial charge in [0.1, 0.15) is 5.78 Å². The third-order valence-corrected chi connectivity index (χ3v) is 5.26. The van der Waals surface area contributed by atoms with Crippen LogP contribution in [0.2, 0.25) is 0 Å². The quantitative estimate of drug-likeness (QED) is 0.563. The summed E-state index contributed by atoms with van der Waals surface area (Å²) in [5, 5.41) is 40.2. The van der Waals surface area contributed by atoms with Gasteiger partial charge in [-0.15, -0.1) is 0 Å². The zero-order valence-corrected chi connectivity index (χ0v) is 16.1. The zero-order chi connectivity index (χ0) is 22.7. The lowest BCUT2D eigenvalue weighted by Crippen LogP contribution is -2.43. The van der Waals surface area contributed by atoms with Crippen molar-refractivity contribution in [3.63, 3.8) is 0 Å². The number of anilines is 1. The van der Waals surface area contributed by atoms with Crippen molar-refractivity contribution in [2.24, 2.45) is 0 Å². The van der Waals surface area contributed by atoms with Gasteiger partial charge in [-0.2, -0.15) is 0 Å². The Morgan fingerprint density at radius 2 is 1.32 bits per heavy atom. The Labute approximate surface area is 175 Å². The monoisotopic (exact) mass is 430 g/mol. The maximum absolute atomic E-state index is 11.5. The Hall–Kier alpha value is -4.09. The molecular formula is C19H18N4O8. The van der Waals surface area contributed by atoms with Crippen molar-refractivity contribution >= 4 is 28.5 Å². The summed E-state index contributed by atoms with van der Waals surface area (Å²) in [5.41, 5.74) is -1.71. The number of Topliss-reactive ketones (excluding diaryl/α,β-unsaturated/α-hetero) is 1. The van der Waals surface area contributed by atoms with Gasteiger partial charge in [0, 0.05) is 30.6 Å². The normalized spacial score (nSPS) is 19.4. The Morgan fingerprint density at radius 3 is 1.74 bits per heavy atom. The van der Waals surface area contributed by atoms with E-state index in [0.717, 1.165) is 12.8 Å². The number of benzene rings is 2. The first kappa shape index (κ1) is 21.6. The molecule has 1 N–H and O–H groups in total. The van der Waals surface area contributed by atoms with E-state index < -0.39 is 37.6 Å². The van der Waals surface area contributed by atoms with Gasteiger partial charge in [-0.3, -0.25) is 35.1 Å². The molecule has 2 aliphatic rings. The molecule has 0 aliphatic carbocycles. The first-order valence-corrected chi connectivity index (χ1v) is 9.34. The van der Waals surface area contributed by atoms with Gasteiger partial charge < -0.3 is 10.0 Å². The number of non-ortho nitro benzene ring substituents is 1. The molecule has 2 aliphatic heterocycles. The first-order valence-electron chi connectivity index (χ1n) is 9.34. The average molecular weight is 430 g/mol. The van der Waals surface area contributed by atoms with Gasteiger partial charge in [0.15, 0.2) is 0 Å². The predicted molar refractivity (Wildman–Crippen MR) is 108 cm³/mol. The van der Waals surface area contributed by atoms with E-state index in [-0.39, 0.29) is 0 Å². The number of ketones is 1. The number of nitro benzene ring substituents is 3. The highest BCUT2D eigenvalue weighted by atomic mass is 16.6. The summed E-state index contributed by atoms with van der Waals surface area (Å²) in [5.74, 6) is -0.754. The van der Waals surface area contributed by atoms with Crippen LogP contribution in [0.5, 0.6) is 5.75 Å². The molecule has 0 radical (unpaired) electrons. The van der Waals surface area contributed by atoms with Gasteiger partial charge in [0.25, 0.3) is 11.4 Å². The van der Waals surface area contributed by atoms with E-state index >= 15 is 0 Å². The van der Waals surface area contributed by atoms with Crippen LogP contribution in [0.3, 0.4) is 0 Å². The topological polar surface area (TPSA) is 170 Å². The van der Waals surface area contributed by atoms with Crippen molar-refractivity contribution in [1.29, 1.82) is 0 Å². The number of nitrogens with zero attached hydrogens (tertiary/aromatic N) is 4. The number of rotatable bonds is 4. The number of carbonyl (C=O) groups is 1. The second-order valence-electron chi connectivity index (χ2n) is 7.18. The largest absolute Gasteiger partial charge is 0.497 e. The summed E-state index contributed by atoms with van der Waals surface area (Å²) in [7, 11) is 0. The number of hydrogen-bond acceptors (Lipinski definition) is 9. The lowest BCUT2D eigenvalue weighted by Gasteiger charge is -2.36. The predicted octanol–water partition coefficient (Wildman–Crippen LogP) is 3.50. The molecule has 162 valence electrons. The van der Waals surface area contributed by atoms with E-state index in [0.29, 0.717) is 30.0 Å². The van der Waals surface area contributed by atoms with Gasteiger partial charge in [-0.05, 0) is 25.0 Å². The molecule has 2 saturated heterocycles. The van der Waals surface area contributed by atoms with Gasteiger partial charge in [-0.1, -0.05) is 18.2 Å². The summed E-state index contributed by atoms with van der Waals surface area (Å²) in [6.07, 6.45) is 3.88. The Bertz CT molecular complexity index is 991. The fourth-order valence-electron chi connectivity index (χ4n) is 3.97. The average Bonchev–Trinajstić information content (AvgIpc) is 2.99. The number of nitro groups is 3. The Balaban J connectivity index is 0.000000176. The van der Waals surface area contributed by atoms with Crippen molar-refractivity contribution in [2.45, 2.75) is 37.8 Å². The van der Waals surface area contributed by atoms with Crippen LogP contribution in [0, 0.1) is 30.3 Å². The number of phenols is 1. The maximum atomic E-state index is 11.5. The van der Waals surface area contributed by atoms with Crippen LogP contribution in [0.25, 0.3) is 0 Å². The summed E-state index contributed by atoms with van der Waals surface area (Å²) in [4.78, 5) is 41.7. The molecule has 2 atom stereocenters. The fourth-order valence-corrected chi connectivity index (χ4v) is 3.97. The molecule has 0 saturated carbocycles. The summed E-state index contributed by atoms with van der Waals surface area (Å²) < 4.78 is 0. The molecule has 2 aromatic carbocycles. The van der Waals surface area contributed by atoms with E-state index in [1.807, 2.05) is 6.07 Å².